The predicted octanol–water partition coefficient (Wildman–Crippen LogP) is 5.85. The van der Waals surface area contributed by atoms with Crippen LogP contribution in [-0.4, -0.2) is 82.6 Å². The number of ether oxygens (including phenoxy) is 2. The molecule has 0 fully saturated rings. The fourth-order valence-electron chi connectivity index (χ4n) is 8.11. The van der Waals surface area contributed by atoms with Crippen LogP contribution in [-0.2, 0) is 21.4 Å². The molecule has 0 aliphatic carbocycles. The first-order valence-electron chi connectivity index (χ1n) is 16.7. The van der Waals surface area contributed by atoms with Crippen LogP contribution in [0.15, 0.2) is 110 Å². The first-order chi connectivity index (χ1) is 23.9. The minimum atomic E-state index is -6.30. The van der Waals surface area contributed by atoms with E-state index in [-0.39, 0.29) is 13.0 Å². The van der Waals surface area contributed by atoms with E-state index in [0.29, 0.717) is 27.9 Å². The number of rotatable bonds is 15. The van der Waals surface area contributed by atoms with Crippen LogP contribution in [0.1, 0.15) is 50.8 Å². The van der Waals surface area contributed by atoms with Crippen molar-refractivity contribution in [2.75, 3.05) is 20.4 Å². The van der Waals surface area contributed by atoms with Crippen molar-refractivity contribution in [3.63, 3.8) is 0 Å². The van der Waals surface area contributed by atoms with E-state index >= 15 is 0 Å². The van der Waals surface area contributed by atoms with Crippen molar-refractivity contribution in [2.24, 2.45) is 0 Å². The fourth-order valence-corrected chi connectivity index (χ4v) is 10.9. The van der Waals surface area contributed by atoms with Crippen molar-refractivity contribution in [3.8, 4) is 6.07 Å². The van der Waals surface area contributed by atoms with E-state index in [2.05, 4.69) is 21.0 Å². The van der Waals surface area contributed by atoms with E-state index in [9.17, 15) is 19.9 Å². The normalized spacial score (nSPS) is 14.8. The Morgan fingerprint density at radius 1 is 0.800 bits per heavy atom. The van der Waals surface area contributed by atoms with Crippen LogP contribution >= 0.6 is 7.28 Å². The van der Waals surface area contributed by atoms with Gasteiger partial charge in [-0.1, -0.05) is 0 Å². The average Bonchev–Trinajstić information content (AvgIpc) is 3.52. The molecule has 0 saturated carbocycles. The topological polar surface area (TPSA) is 150 Å². The molecule has 1 unspecified atom stereocenters. The standard InChI is InChI=1S/C38H47N6O5P/c1-29(2)44(30(3)4)36(26-39,37(31-17-10-7-11-18-31,32-19-12-8-13-20-32)33-21-14-9-15-22-33)38(48-5,49-6)50(45,46,47)24-16-23-43-28-42-34-25-40-27-41-35(34)43/h7-15,17-22,25,27-30,45-47H,16,23-24H2,1-6H3. The van der Waals surface area contributed by atoms with E-state index < -0.39 is 42.0 Å². The Balaban J connectivity index is 1.90. The Bertz CT molecular complexity index is 1800. The summed E-state index contributed by atoms with van der Waals surface area (Å²) in [5.74, 6) is 0. The number of hydrogen-bond acceptors (Lipinski definition) is 10. The van der Waals surface area contributed by atoms with E-state index in [4.69, 9.17) is 9.47 Å². The molecule has 0 amide bonds. The molecule has 3 aromatic carbocycles. The van der Waals surface area contributed by atoms with Gasteiger partial charge < -0.3 is 0 Å². The molecule has 11 nitrogen and oxygen atoms in total. The number of aromatic nitrogens is 4. The summed E-state index contributed by atoms with van der Waals surface area (Å²) in [6.07, 6.45) is 4.07. The second kappa shape index (κ2) is 14.3. The molecule has 0 bridgehead atoms. The summed E-state index contributed by atoms with van der Waals surface area (Å²) in [5.41, 5.74) is -3.42. The maximum atomic E-state index is 12.8. The molecule has 264 valence electrons. The quantitative estimate of drug-likeness (QED) is 0.0690. The Morgan fingerprint density at radius 3 is 1.70 bits per heavy atom. The van der Waals surface area contributed by atoms with Gasteiger partial charge in [0.1, 0.15) is 0 Å². The zero-order valence-electron chi connectivity index (χ0n) is 29.5. The van der Waals surface area contributed by atoms with Gasteiger partial charge in [0.25, 0.3) is 0 Å². The van der Waals surface area contributed by atoms with Crippen LogP contribution in [0.3, 0.4) is 0 Å². The van der Waals surface area contributed by atoms with Gasteiger partial charge in [0.05, 0.1) is 0 Å². The number of nitrogens with zero attached hydrogens (tertiary/aromatic N) is 6. The molecular formula is C38H47N6O5P. The number of benzene rings is 3. The van der Waals surface area contributed by atoms with E-state index in [1.807, 2.05) is 124 Å². The molecular weight excluding hydrogens is 651 g/mol. The summed E-state index contributed by atoms with van der Waals surface area (Å²) in [6, 6.07) is 30.2. The molecule has 3 N–H and O–H groups in total. The summed E-state index contributed by atoms with van der Waals surface area (Å²) >= 11 is 0. The van der Waals surface area contributed by atoms with Crippen LogP contribution in [0.25, 0.3) is 11.2 Å². The molecule has 0 spiro atoms. The first-order valence-corrected chi connectivity index (χ1v) is 19.0. The molecule has 0 aliphatic rings. The van der Waals surface area contributed by atoms with Crippen molar-refractivity contribution in [2.45, 2.75) is 69.2 Å². The van der Waals surface area contributed by atoms with Crippen LogP contribution in [0.5, 0.6) is 0 Å². The Kier molecular flexibility index (Phi) is 10.6. The minimum absolute atomic E-state index is 0.0468. The van der Waals surface area contributed by atoms with Gasteiger partial charge in [0.2, 0.25) is 0 Å². The number of fused-ring (bicyclic) bond motifs is 1. The molecule has 0 saturated heterocycles. The SMILES string of the molecule is COC(OC)(C(C#N)(N(C(C)C)C(C)C)C(c1ccccc1)(c1ccccc1)c1ccccc1)P(O)(O)(O)CCCn1cnc2cncnc21. The van der Waals surface area contributed by atoms with E-state index in [0.717, 1.165) is 0 Å². The van der Waals surface area contributed by atoms with Crippen LogP contribution in [0, 0.1) is 11.3 Å². The molecule has 5 aromatic rings. The van der Waals surface area contributed by atoms with Gasteiger partial charge in [-0.05, 0) is 0 Å². The molecule has 1 atom stereocenters. The zero-order chi connectivity index (χ0) is 36.2. The third kappa shape index (κ3) is 5.71. The average molecular weight is 699 g/mol. The number of methoxy groups -OCH3 is 2. The summed E-state index contributed by atoms with van der Waals surface area (Å²) in [7, 11) is -3.79. The number of imidazole rings is 1. The molecule has 2 aromatic heterocycles. The zero-order valence-corrected chi connectivity index (χ0v) is 30.4. The fraction of sp³-hybridized carbons (Fsp3) is 0.368. The van der Waals surface area contributed by atoms with Gasteiger partial charge in [-0.15, -0.1) is 0 Å². The molecule has 5 rings (SSSR count). The summed E-state index contributed by atoms with van der Waals surface area (Å²) in [5, 5.41) is 12.1. The number of aryl methyl sites for hydroxylation is 1. The van der Waals surface area contributed by atoms with Crippen molar-refractivity contribution in [1.82, 2.24) is 24.4 Å². The number of hydrogen-bond donors (Lipinski definition) is 3. The second-order valence-corrected chi connectivity index (χ2v) is 16.5. The van der Waals surface area contributed by atoms with Crippen molar-refractivity contribution in [3.05, 3.63) is 127 Å². The van der Waals surface area contributed by atoms with Gasteiger partial charge in [0, 0.05) is 0 Å². The van der Waals surface area contributed by atoms with Crippen molar-refractivity contribution < 1.29 is 24.2 Å². The molecule has 12 heteroatoms. The summed E-state index contributed by atoms with van der Waals surface area (Å²) in [6.45, 7) is 7.94. The predicted molar refractivity (Wildman–Crippen MR) is 195 cm³/mol. The molecule has 2 heterocycles. The van der Waals surface area contributed by atoms with Crippen LogP contribution < -0.4 is 0 Å². The summed E-state index contributed by atoms with van der Waals surface area (Å²) < 4.78 is 14.4. The van der Waals surface area contributed by atoms with E-state index in [1.165, 1.54) is 20.5 Å². The first kappa shape index (κ1) is 37.2. The monoisotopic (exact) mass is 698 g/mol. The molecule has 0 aliphatic heterocycles. The second-order valence-electron chi connectivity index (χ2n) is 13.2. The maximum absolute atomic E-state index is 12.8. The van der Waals surface area contributed by atoms with Gasteiger partial charge in [-0.3, -0.25) is 0 Å². The van der Waals surface area contributed by atoms with Gasteiger partial charge in [-0.25, -0.2) is 0 Å². The Morgan fingerprint density at radius 2 is 1.28 bits per heavy atom. The van der Waals surface area contributed by atoms with E-state index in [1.54, 1.807) is 17.1 Å². The Labute approximate surface area is 294 Å². The van der Waals surface area contributed by atoms with Crippen molar-refractivity contribution in [1.29, 1.82) is 5.26 Å². The summed E-state index contributed by atoms with van der Waals surface area (Å²) in [4.78, 5) is 52.9. The van der Waals surface area contributed by atoms with Gasteiger partial charge >= 0.3 is 294 Å². The van der Waals surface area contributed by atoms with Gasteiger partial charge in [-0.2, -0.15) is 0 Å². The van der Waals surface area contributed by atoms with Gasteiger partial charge in [0.15, 0.2) is 0 Å². The van der Waals surface area contributed by atoms with Crippen molar-refractivity contribution >= 4 is 18.4 Å². The third-order valence-electron chi connectivity index (χ3n) is 9.69. The molecule has 50 heavy (non-hydrogen) atoms. The van der Waals surface area contributed by atoms with Crippen LogP contribution in [0.4, 0.5) is 0 Å². The number of nitriles is 1. The molecule has 0 radical (unpaired) electrons. The van der Waals surface area contributed by atoms with Crippen LogP contribution in [0.2, 0.25) is 0 Å². The third-order valence-corrected chi connectivity index (χ3v) is 12.7. The Hall–Kier alpha value is -4.11.